The molecule has 0 aromatic heterocycles. The van der Waals surface area contributed by atoms with Crippen molar-refractivity contribution in [2.45, 2.75) is 207 Å². The Balaban J connectivity index is 3.48. The predicted octanol–water partition coefficient (Wildman–Crippen LogP) is 11.0. The van der Waals surface area contributed by atoms with Crippen molar-refractivity contribution < 1.29 is 24.2 Å². The molecule has 0 saturated carbocycles. The Labute approximate surface area is 261 Å². The summed E-state index contributed by atoms with van der Waals surface area (Å²) in [6, 6.07) is 0. The minimum atomic E-state index is -0.761. The molecule has 0 aliphatic heterocycles. The van der Waals surface area contributed by atoms with E-state index in [4.69, 9.17) is 9.47 Å². The molecule has 250 valence electrons. The van der Waals surface area contributed by atoms with Crippen LogP contribution in [0.3, 0.4) is 0 Å². The number of carbonyl (C=O) groups is 2. The van der Waals surface area contributed by atoms with Crippen molar-refractivity contribution in [3.63, 3.8) is 0 Å². The van der Waals surface area contributed by atoms with Gasteiger partial charge in [0, 0.05) is 12.8 Å². The molecular formula is C37H72O5. The second-order valence-electron chi connectivity index (χ2n) is 13.1. The Kier molecular flexibility index (Phi) is 31.9. The van der Waals surface area contributed by atoms with E-state index in [1.807, 2.05) is 0 Å². The molecule has 5 nitrogen and oxygen atoms in total. The minimum absolute atomic E-state index is 0.0601. The highest BCUT2D eigenvalue weighted by Gasteiger charge is 2.16. The van der Waals surface area contributed by atoms with Gasteiger partial charge in [-0.1, -0.05) is 175 Å². The first-order valence-corrected chi connectivity index (χ1v) is 18.5. The SMILES string of the molecule is CCCCCCCCCCCCCCCCCCCCCC(=O)O[C@@H](CO)COC(=O)CCCCCCCCC(C)C. The highest BCUT2D eigenvalue weighted by molar-refractivity contribution is 5.70. The molecule has 0 aliphatic rings. The molecule has 0 amide bonds. The van der Waals surface area contributed by atoms with Crippen molar-refractivity contribution >= 4 is 11.9 Å². The molecule has 1 N–H and O–H groups in total. The van der Waals surface area contributed by atoms with Gasteiger partial charge in [-0.2, -0.15) is 0 Å². The molecule has 0 spiro atoms. The number of aliphatic hydroxyl groups excluding tert-OH is 1. The van der Waals surface area contributed by atoms with Crippen molar-refractivity contribution in [2.75, 3.05) is 13.2 Å². The quantitative estimate of drug-likeness (QED) is 0.0602. The molecule has 1 atom stereocenters. The Morgan fingerprint density at radius 2 is 0.881 bits per heavy atom. The third kappa shape index (κ3) is 31.8. The number of hydrogen-bond acceptors (Lipinski definition) is 5. The van der Waals surface area contributed by atoms with Gasteiger partial charge in [-0.05, 0) is 18.8 Å². The van der Waals surface area contributed by atoms with Crippen molar-refractivity contribution in [3.8, 4) is 0 Å². The Hall–Kier alpha value is -1.10. The summed E-state index contributed by atoms with van der Waals surface area (Å²) >= 11 is 0. The maximum Gasteiger partial charge on any atom is 0.306 e. The van der Waals surface area contributed by atoms with Crippen LogP contribution in [0.25, 0.3) is 0 Å². The molecule has 0 unspecified atom stereocenters. The fourth-order valence-electron chi connectivity index (χ4n) is 5.50. The number of carbonyl (C=O) groups excluding carboxylic acids is 2. The highest BCUT2D eigenvalue weighted by atomic mass is 16.6. The molecule has 5 heteroatoms. The topological polar surface area (TPSA) is 72.8 Å². The summed E-state index contributed by atoms with van der Waals surface area (Å²) in [5.74, 6) is 0.192. The zero-order valence-electron chi connectivity index (χ0n) is 28.4. The summed E-state index contributed by atoms with van der Waals surface area (Å²) in [6.07, 6.45) is 33.2. The molecule has 0 aliphatic carbocycles. The number of unbranched alkanes of at least 4 members (excludes halogenated alkanes) is 23. The Bertz CT molecular complexity index is 577. The number of aliphatic hydroxyl groups is 1. The first-order valence-electron chi connectivity index (χ1n) is 18.5. The van der Waals surface area contributed by atoms with Crippen LogP contribution in [0.15, 0.2) is 0 Å². The first-order chi connectivity index (χ1) is 20.5. The number of rotatable bonds is 33. The van der Waals surface area contributed by atoms with Crippen LogP contribution in [0.2, 0.25) is 0 Å². The molecule has 0 rings (SSSR count). The molecule has 42 heavy (non-hydrogen) atoms. The van der Waals surface area contributed by atoms with Crippen LogP contribution >= 0.6 is 0 Å². The average molecular weight is 597 g/mol. The lowest BCUT2D eigenvalue weighted by molar-refractivity contribution is -0.161. The van der Waals surface area contributed by atoms with Crippen molar-refractivity contribution in [1.82, 2.24) is 0 Å². The van der Waals surface area contributed by atoms with Gasteiger partial charge in [0.15, 0.2) is 6.10 Å². The molecular weight excluding hydrogens is 524 g/mol. The Morgan fingerprint density at radius 3 is 1.26 bits per heavy atom. The fourth-order valence-corrected chi connectivity index (χ4v) is 5.50. The van der Waals surface area contributed by atoms with Crippen LogP contribution in [0.5, 0.6) is 0 Å². The molecule has 0 heterocycles. The van der Waals surface area contributed by atoms with E-state index in [1.165, 1.54) is 128 Å². The monoisotopic (exact) mass is 597 g/mol. The van der Waals surface area contributed by atoms with E-state index in [1.54, 1.807) is 0 Å². The number of esters is 2. The lowest BCUT2D eigenvalue weighted by atomic mass is 10.0. The lowest BCUT2D eigenvalue weighted by Gasteiger charge is -2.15. The summed E-state index contributed by atoms with van der Waals surface area (Å²) in [4.78, 5) is 24.1. The van der Waals surface area contributed by atoms with Crippen LogP contribution in [-0.4, -0.2) is 36.4 Å². The van der Waals surface area contributed by atoms with Crippen molar-refractivity contribution in [3.05, 3.63) is 0 Å². The molecule has 0 fully saturated rings. The summed E-state index contributed by atoms with van der Waals surface area (Å²) < 4.78 is 10.6. The van der Waals surface area contributed by atoms with Gasteiger partial charge < -0.3 is 14.6 Å². The molecule has 0 aromatic carbocycles. The van der Waals surface area contributed by atoms with Gasteiger partial charge in [-0.25, -0.2) is 0 Å². The van der Waals surface area contributed by atoms with Crippen LogP contribution in [0.4, 0.5) is 0 Å². The summed E-state index contributed by atoms with van der Waals surface area (Å²) in [5, 5.41) is 9.50. The normalized spacial score (nSPS) is 12.1. The number of hydrogen-bond donors (Lipinski definition) is 1. The predicted molar refractivity (Wildman–Crippen MR) is 178 cm³/mol. The van der Waals surface area contributed by atoms with E-state index in [0.29, 0.717) is 12.8 Å². The van der Waals surface area contributed by atoms with Gasteiger partial charge in [-0.3, -0.25) is 9.59 Å². The standard InChI is InChI=1S/C37H72O5/c1-4-5-6-7-8-9-10-11-12-13-14-15-16-17-18-19-20-25-28-31-37(40)42-35(32-38)33-41-36(39)30-27-24-22-21-23-26-29-34(2)3/h34-35,38H,4-33H2,1-3H3/t35-/m0/s1. The van der Waals surface area contributed by atoms with Gasteiger partial charge in [-0.15, -0.1) is 0 Å². The summed E-state index contributed by atoms with van der Waals surface area (Å²) in [7, 11) is 0. The zero-order valence-corrected chi connectivity index (χ0v) is 28.4. The average Bonchev–Trinajstić information content (AvgIpc) is 2.97. The maximum atomic E-state index is 12.1. The summed E-state index contributed by atoms with van der Waals surface area (Å²) in [5.41, 5.74) is 0. The second kappa shape index (κ2) is 32.8. The first kappa shape index (κ1) is 40.9. The van der Waals surface area contributed by atoms with Crippen LogP contribution in [-0.2, 0) is 19.1 Å². The third-order valence-corrected chi connectivity index (χ3v) is 8.33. The molecule has 0 bridgehead atoms. The van der Waals surface area contributed by atoms with E-state index in [9.17, 15) is 14.7 Å². The van der Waals surface area contributed by atoms with Gasteiger partial charge in [0.05, 0.1) is 6.61 Å². The van der Waals surface area contributed by atoms with Gasteiger partial charge >= 0.3 is 11.9 Å². The van der Waals surface area contributed by atoms with E-state index in [0.717, 1.165) is 44.4 Å². The molecule has 0 aromatic rings. The molecule has 0 saturated heterocycles. The lowest BCUT2D eigenvalue weighted by Crippen LogP contribution is -2.28. The van der Waals surface area contributed by atoms with E-state index >= 15 is 0 Å². The third-order valence-electron chi connectivity index (χ3n) is 8.33. The van der Waals surface area contributed by atoms with E-state index < -0.39 is 6.10 Å². The maximum absolute atomic E-state index is 12.1. The second-order valence-corrected chi connectivity index (χ2v) is 13.1. The van der Waals surface area contributed by atoms with Gasteiger partial charge in [0.2, 0.25) is 0 Å². The zero-order chi connectivity index (χ0) is 30.9. The number of ether oxygens (including phenoxy) is 2. The molecule has 0 radical (unpaired) electrons. The van der Waals surface area contributed by atoms with Crippen LogP contribution < -0.4 is 0 Å². The fraction of sp³-hybridized carbons (Fsp3) is 0.946. The highest BCUT2D eigenvalue weighted by Crippen LogP contribution is 2.16. The summed E-state index contributed by atoms with van der Waals surface area (Å²) in [6.45, 7) is 6.42. The smallest absolute Gasteiger partial charge is 0.306 e. The van der Waals surface area contributed by atoms with Gasteiger partial charge in [0.1, 0.15) is 6.61 Å². The van der Waals surface area contributed by atoms with E-state index in [2.05, 4.69) is 20.8 Å². The van der Waals surface area contributed by atoms with Crippen LogP contribution in [0, 0.1) is 5.92 Å². The van der Waals surface area contributed by atoms with E-state index in [-0.39, 0.29) is 25.2 Å². The van der Waals surface area contributed by atoms with Crippen LogP contribution in [0.1, 0.15) is 201 Å². The van der Waals surface area contributed by atoms with Crippen molar-refractivity contribution in [2.24, 2.45) is 5.92 Å². The largest absolute Gasteiger partial charge is 0.462 e. The van der Waals surface area contributed by atoms with Crippen molar-refractivity contribution in [1.29, 1.82) is 0 Å². The Morgan fingerprint density at radius 1 is 0.524 bits per heavy atom. The van der Waals surface area contributed by atoms with Gasteiger partial charge in [0.25, 0.3) is 0 Å². The minimum Gasteiger partial charge on any atom is -0.462 e.